The molecule has 1 aromatic rings. The number of nitrogens with one attached hydrogen (secondary N) is 1. The molecule has 0 aromatic heterocycles. The van der Waals surface area contributed by atoms with Gasteiger partial charge in [0.05, 0.1) is 15.6 Å². The zero-order valence-electron chi connectivity index (χ0n) is 11.3. The molecule has 0 radical (unpaired) electrons. The maximum absolute atomic E-state index is 5.74. The van der Waals surface area contributed by atoms with Crippen LogP contribution in [0, 0.1) is 0 Å². The highest BCUT2D eigenvalue weighted by Gasteiger charge is 2.15. The van der Waals surface area contributed by atoms with Gasteiger partial charge in [0, 0.05) is 12.6 Å². The van der Waals surface area contributed by atoms with Gasteiger partial charge in [-0.3, -0.25) is 0 Å². The van der Waals surface area contributed by atoms with Crippen LogP contribution >= 0.6 is 31.9 Å². The second kappa shape index (κ2) is 7.65. The molecule has 0 heterocycles. The van der Waals surface area contributed by atoms with Crippen LogP contribution < -0.4 is 10.1 Å². The molecule has 4 heteroatoms. The third-order valence-corrected chi connectivity index (χ3v) is 4.64. The minimum absolute atomic E-state index is 0.702. The van der Waals surface area contributed by atoms with Crippen LogP contribution in [-0.2, 0) is 6.54 Å². The zero-order chi connectivity index (χ0) is 13.7. The predicted molar refractivity (Wildman–Crippen MR) is 86.7 cm³/mol. The maximum Gasteiger partial charge on any atom is 0.147 e. The van der Waals surface area contributed by atoms with Gasteiger partial charge in [-0.1, -0.05) is 19.8 Å². The Balaban J connectivity index is 1.97. The first-order chi connectivity index (χ1) is 9.20. The summed E-state index contributed by atoms with van der Waals surface area (Å²) in [6.07, 6.45) is 6.40. The molecular weight excluding hydrogens is 370 g/mol. The molecule has 1 aromatic carbocycles. The molecule has 0 spiro atoms. The van der Waals surface area contributed by atoms with Crippen molar-refractivity contribution in [2.45, 2.75) is 51.6 Å². The fourth-order valence-corrected chi connectivity index (χ4v) is 3.96. The second-order valence-electron chi connectivity index (χ2n) is 5.10. The number of ether oxygens (including phenoxy) is 1. The van der Waals surface area contributed by atoms with E-state index in [0.717, 1.165) is 34.3 Å². The molecule has 0 atom stereocenters. The van der Waals surface area contributed by atoms with Gasteiger partial charge in [0.25, 0.3) is 0 Å². The van der Waals surface area contributed by atoms with E-state index in [1.54, 1.807) is 0 Å². The average molecular weight is 391 g/mol. The Morgan fingerprint density at radius 3 is 2.42 bits per heavy atom. The number of benzene rings is 1. The number of halogens is 2. The van der Waals surface area contributed by atoms with Crippen molar-refractivity contribution in [3.8, 4) is 5.75 Å². The van der Waals surface area contributed by atoms with Gasteiger partial charge in [0.1, 0.15) is 5.75 Å². The summed E-state index contributed by atoms with van der Waals surface area (Å²) in [5, 5.41) is 3.63. The first kappa shape index (κ1) is 15.3. The minimum atomic E-state index is 0.702. The van der Waals surface area contributed by atoms with Gasteiger partial charge in [0.15, 0.2) is 0 Å². The lowest BCUT2D eigenvalue weighted by Crippen LogP contribution is -2.25. The van der Waals surface area contributed by atoms with Crippen molar-refractivity contribution in [1.82, 2.24) is 5.32 Å². The average Bonchev–Trinajstić information content (AvgIpc) is 2.88. The molecule has 2 rings (SSSR count). The maximum atomic E-state index is 5.74. The first-order valence-electron chi connectivity index (χ1n) is 7.04. The molecular formula is C15H21Br2NO. The summed E-state index contributed by atoms with van der Waals surface area (Å²) in [5.41, 5.74) is 1.29. The van der Waals surface area contributed by atoms with Crippen LogP contribution in [0.4, 0.5) is 0 Å². The third kappa shape index (κ3) is 4.47. The summed E-state index contributed by atoms with van der Waals surface area (Å²) in [4.78, 5) is 0. The van der Waals surface area contributed by atoms with E-state index in [9.17, 15) is 0 Å². The summed E-state index contributed by atoms with van der Waals surface area (Å²) in [6.45, 7) is 3.79. The topological polar surface area (TPSA) is 21.3 Å². The fraction of sp³-hybridized carbons (Fsp3) is 0.600. The van der Waals surface area contributed by atoms with Crippen LogP contribution in [0.15, 0.2) is 21.1 Å². The number of hydrogen-bond donors (Lipinski definition) is 1. The summed E-state index contributed by atoms with van der Waals surface area (Å²) >= 11 is 7.20. The second-order valence-corrected chi connectivity index (χ2v) is 6.81. The van der Waals surface area contributed by atoms with Crippen molar-refractivity contribution in [2.75, 3.05) is 6.61 Å². The Labute approximate surface area is 132 Å². The van der Waals surface area contributed by atoms with E-state index in [-0.39, 0.29) is 0 Å². The Morgan fingerprint density at radius 1 is 1.21 bits per heavy atom. The van der Waals surface area contributed by atoms with Gasteiger partial charge in [-0.2, -0.15) is 0 Å². The van der Waals surface area contributed by atoms with E-state index in [1.807, 2.05) is 0 Å². The van der Waals surface area contributed by atoms with Crippen LogP contribution in [-0.4, -0.2) is 12.6 Å². The smallest absolute Gasteiger partial charge is 0.147 e. The van der Waals surface area contributed by atoms with E-state index in [1.165, 1.54) is 31.2 Å². The van der Waals surface area contributed by atoms with Crippen molar-refractivity contribution in [1.29, 1.82) is 0 Å². The van der Waals surface area contributed by atoms with Crippen molar-refractivity contribution in [2.24, 2.45) is 0 Å². The normalized spacial score (nSPS) is 15.9. The standard InChI is InChI=1S/C15H21Br2NO/c1-2-7-19-15-13(16)8-11(9-14(15)17)10-18-12-5-3-4-6-12/h8-9,12,18H,2-7,10H2,1H3. The molecule has 0 aliphatic heterocycles. The molecule has 1 saturated carbocycles. The van der Waals surface area contributed by atoms with E-state index < -0.39 is 0 Å². The van der Waals surface area contributed by atoms with Gasteiger partial charge in [-0.25, -0.2) is 0 Å². The van der Waals surface area contributed by atoms with Crippen molar-refractivity contribution >= 4 is 31.9 Å². The third-order valence-electron chi connectivity index (χ3n) is 3.46. The van der Waals surface area contributed by atoms with Gasteiger partial charge >= 0.3 is 0 Å². The molecule has 2 nitrogen and oxygen atoms in total. The van der Waals surface area contributed by atoms with E-state index in [0.29, 0.717) is 6.04 Å². The Bertz CT molecular complexity index is 394. The molecule has 1 aliphatic rings. The Kier molecular flexibility index (Phi) is 6.17. The van der Waals surface area contributed by atoms with E-state index in [4.69, 9.17) is 4.74 Å². The minimum Gasteiger partial charge on any atom is -0.491 e. The van der Waals surface area contributed by atoms with Gasteiger partial charge in [-0.15, -0.1) is 0 Å². The highest BCUT2D eigenvalue weighted by molar-refractivity contribution is 9.11. The number of rotatable bonds is 6. The molecule has 0 bridgehead atoms. The molecule has 0 unspecified atom stereocenters. The molecule has 0 amide bonds. The quantitative estimate of drug-likeness (QED) is 0.735. The highest BCUT2D eigenvalue weighted by atomic mass is 79.9. The lowest BCUT2D eigenvalue weighted by atomic mass is 10.2. The molecule has 106 valence electrons. The molecule has 1 aliphatic carbocycles. The highest BCUT2D eigenvalue weighted by Crippen LogP contribution is 2.35. The van der Waals surface area contributed by atoms with Crippen LogP contribution in [0.3, 0.4) is 0 Å². The van der Waals surface area contributed by atoms with Crippen LogP contribution in [0.5, 0.6) is 5.75 Å². The van der Waals surface area contributed by atoms with Gasteiger partial charge < -0.3 is 10.1 Å². The first-order valence-corrected chi connectivity index (χ1v) is 8.63. The summed E-state index contributed by atoms with van der Waals surface area (Å²) in [6, 6.07) is 5.00. The lowest BCUT2D eigenvalue weighted by molar-refractivity contribution is 0.313. The Hall–Kier alpha value is -0.0600. The summed E-state index contributed by atoms with van der Waals surface area (Å²) in [7, 11) is 0. The monoisotopic (exact) mass is 389 g/mol. The van der Waals surface area contributed by atoms with Gasteiger partial charge in [0.2, 0.25) is 0 Å². The Morgan fingerprint density at radius 2 is 1.84 bits per heavy atom. The summed E-state index contributed by atoms with van der Waals surface area (Å²) < 4.78 is 7.79. The van der Waals surface area contributed by atoms with Crippen molar-refractivity contribution < 1.29 is 4.74 Å². The van der Waals surface area contributed by atoms with E-state index >= 15 is 0 Å². The lowest BCUT2D eigenvalue weighted by Gasteiger charge is -2.14. The molecule has 1 N–H and O–H groups in total. The number of hydrogen-bond acceptors (Lipinski definition) is 2. The molecule has 0 saturated heterocycles. The van der Waals surface area contributed by atoms with Gasteiger partial charge in [-0.05, 0) is 68.8 Å². The SMILES string of the molecule is CCCOc1c(Br)cc(CNC2CCCC2)cc1Br. The van der Waals surface area contributed by atoms with Crippen LogP contribution in [0.2, 0.25) is 0 Å². The zero-order valence-corrected chi connectivity index (χ0v) is 14.5. The van der Waals surface area contributed by atoms with E-state index in [2.05, 4.69) is 56.2 Å². The largest absolute Gasteiger partial charge is 0.491 e. The molecule has 19 heavy (non-hydrogen) atoms. The predicted octanol–water partition coefficient (Wildman–Crippen LogP) is 5.03. The van der Waals surface area contributed by atoms with Crippen LogP contribution in [0.1, 0.15) is 44.6 Å². The fourth-order valence-electron chi connectivity index (χ4n) is 2.45. The molecule has 1 fully saturated rings. The van der Waals surface area contributed by atoms with Crippen LogP contribution in [0.25, 0.3) is 0 Å². The van der Waals surface area contributed by atoms with Crippen molar-refractivity contribution in [3.63, 3.8) is 0 Å². The van der Waals surface area contributed by atoms with Crippen molar-refractivity contribution in [3.05, 3.63) is 26.6 Å². The summed E-state index contributed by atoms with van der Waals surface area (Å²) in [5.74, 6) is 0.909.